The topological polar surface area (TPSA) is 83.9 Å². The minimum Gasteiger partial charge on any atom is -0.465 e. The molecule has 0 bridgehead atoms. The lowest BCUT2D eigenvalue weighted by atomic mass is 10.2. The van der Waals surface area contributed by atoms with Crippen molar-refractivity contribution in [3.05, 3.63) is 0 Å². The molecule has 0 saturated carbocycles. The predicted octanol–water partition coefficient (Wildman–Crippen LogP) is 0.0530. The molecule has 0 radical (unpaired) electrons. The van der Waals surface area contributed by atoms with Crippen molar-refractivity contribution in [2.75, 3.05) is 19.4 Å². The van der Waals surface area contributed by atoms with Crippen LogP contribution < -0.4 is 0 Å². The highest BCUT2D eigenvalue weighted by atomic mass is 32.2. The third-order valence-corrected chi connectivity index (χ3v) is 2.65. The summed E-state index contributed by atoms with van der Waals surface area (Å²) in [5.74, 6) is 0. The molecule has 1 aliphatic heterocycles. The lowest BCUT2D eigenvalue weighted by molar-refractivity contribution is 0.123. The molecule has 1 saturated heterocycles. The van der Waals surface area contributed by atoms with Gasteiger partial charge in [-0.05, 0) is 0 Å². The van der Waals surface area contributed by atoms with Gasteiger partial charge in [-0.15, -0.1) is 0 Å². The lowest BCUT2D eigenvalue weighted by Gasteiger charge is -2.19. The van der Waals surface area contributed by atoms with Crippen molar-refractivity contribution in [2.45, 2.75) is 18.6 Å². The zero-order valence-corrected chi connectivity index (χ0v) is 8.91. The van der Waals surface area contributed by atoms with Gasteiger partial charge in [-0.25, -0.2) is 9.18 Å². The molecule has 1 aliphatic rings. The first-order valence-corrected chi connectivity index (χ1v) is 6.09. The fourth-order valence-corrected chi connectivity index (χ4v) is 1.86. The molecule has 0 spiro atoms. The Morgan fingerprint density at radius 3 is 2.73 bits per heavy atom. The highest BCUT2D eigenvalue weighted by molar-refractivity contribution is 7.85. The Labute approximate surface area is 86.8 Å². The second kappa shape index (κ2) is 4.31. The van der Waals surface area contributed by atoms with E-state index >= 15 is 0 Å². The molecule has 1 heterocycles. The summed E-state index contributed by atoms with van der Waals surface area (Å²) in [4.78, 5) is 11.5. The van der Waals surface area contributed by atoms with Crippen molar-refractivity contribution in [3.63, 3.8) is 0 Å². The minimum absolute atomic E-state index is 0.0260. The number of carboxylic acid groups (broad SMARTS) is 1. The predicted molar refractivity (Wildman–Crippen MR) is 48.8 cm³/mol. The average Bonchev–Trinajstić information content (AvgIpc) is 2.42. The number of alkyl halides is 1. The van der Waals surface area contributed by atoms with E-state index in [-0.39, 0.29) is 19.6 Å². The molecule has 1 N–H and O–H groups in total. The Morgan fingerprint density at radius 1 is 1.67 bits per heavy atom. The second-order valence-corrected chi connectivity index (χ2v) is 5.05. The number of hydrogen-bond donors (Lipinski definition) is 1. The van der Waals surface area contributed by atoms with Gasteiger partial charge >= 0.3 is 6.09 Å². The summed E-state index contributed by atoms with van der Waals surface area (Å²) < 4.78 is 38.7. The maximum Gasteiger partial charge on any atom is 0.407 e. The summed E-state index contributed by atoms with van der Waals surface area (Å²) in [5.41, 5.74) is 0. The molecular weight excluding hydrogens is 229 g/mol. The van der Waals surface area contributed by atoms with E-state index in [2.05, 4.69) is 4.18 Å². The average molecular weight is 241 g/mol. The van der Waals surface area contributed by atoms with Crippen LogP contribution in [-0.4, -0.2) is 56.1 Å². The number of halogens is 1. The van der Waals surface area contributed by atoms with Crippen molar-refractivity contribution in [3.8, 4) is 0 Å². The van der Waals surface area contributed by atoms with Gasteiger partial charge in [-0.2, -0.15) is 8.42 Å². The van der Waals surface area contributed by atoms with Gasteiger partial charge in [0.1, 0.15) is 6.17 Å². The third kappa shape index (κ3) is 3.63. The Kier molecular flexibility index (Phi) is 3.50. The number of hydrogen-bond acceptors (Lipinski definition) is 4. The van der Waals surface area contributed by atoms with Crippen molar-refractivity contribution < 1.29 is 26.9 Å². The first-order chi connectivity index (χ1) is 6.79. The molecule has 6 nitrogen and oxygen atoms in total. The van der Waals surface area contributed by atoms with E-state index < -0.39 is 28.4 Å². The van der Waals surface area contributed by atoms with Gasteiger partial charge < -0.3 is 5.11 Å². The SMILES string of the molecule is CS(=O)(=O)OC[C@@H]1C[C@@H](F)CN1C(=O)O. The summed E-state index contributed by atoms with van der Waals surface area (Å²) in [6.07, 6.45) is -1.69. The van der Waals surface area contributed by atoms with E-state index in [0.717, 1.165) is 11.2 Å². The van der Waals surface area contributed by atoms with Gasteiger partial charge in [-0.1, -0.05) is 0 Å². The summed E-state index contributed by atoms with van der Waals surface area (Å²) in [7, 11) is -3.62. The molecule has 1 rings (SSSR count). The third-order valence-electron chi connectivity index (χ3n) is 2.08. The van der Waals surface area contributed by atoms with E-state index in [4.69, 9.17) is 5.11 Å². The molecule has 0 aromatic carbocycles. The number of amides is 1. The zero-order chi connectivity index (χ0) is 11.6. The lowest BCUT2D eigenvalue weighted by Crippen LogP contribution is -2.37. The van der Waals surface area contributed by atoms with E-state index in [1.807, 2.05) is 0 Å². The van der Waals surface area contributed by atoms with Crippen molar-refractivity contribution >= 4 is 16.2 Å². The Balaban J connectivity index is 2.57. The van der Waals surface area contributed by atoms with Crippen LogP contribution in [0, 0.1) is 0 Å². The zero-order valence-electron chi connectivity index (χ0n) is 8.09. The molecule has 0 aliphatic carbocycles. The van der Waals surface area contributed by atoms with E-state index in [1.54, 1.807) is 0 Å². The van der Waals surface area contributed by atoms with Crippen LogP contribution >= 0.6 is 0 Å². The number of carbonyl (C=O) groups is 1. The van der Waals surface area contributed by atoms with Crippen LogP contribution in [0.3, 0.4) is 0 Å². The molecule has 1 amide bonds. The molecule has 8 heteroatoms. The van der Waals surface area contributed by atoms with Crippen LogP contribution in [0.25, 0.3) is 0 Å². The number of likely N-dealkylation sites (tertiary alicyclic amines) is 1. The molecule has 2 atom stereocenters. The van der Waals surface area contributed by atoms with Crippen LogP contribution in [0.5, 0.6) is 0 Å². The summed E-state index contributed by atoms with van der Waals surface area (Å²) in [6.45, 7) is -0.557. The van der Waals surface area contributed by atoms with Gasteiger partial charge in [0.25, 0.3) is 10.1 Å². The molecule has 88 valence electrons. The van der Waals surface area contributed by atoms with Crippen molar-refractivity contribution in [1.82, 2.24) is 4.90 Å². The standard InChI is InChI=1S/C7H12FNO5S/c1-15(12,13)14-4-6-2-5(8)3-9(6)7(10)11/h5-6H,2-4H2,1H3,(H,10,11)/t5-,6+/m1/s1. The maximum atomic E-state index is 12.9. The first-order valence-electron chi connectivity index (χ1n) is 4.27. The monoisotopic (exact) mass is 241 g/mol. The van der Waals surface area contributed by atoms with Gasteiger partial charge in [0.15, 0.2) is 0 Å². The fourth-order valence-electron chi connectivity index (χ4n) is 1.45. The Hall–Kier alpha value is -0.890. The largest absolute Gasteiger partial charge is 0.465 e. The summed E-state index contributed by atoms with van der Waals surface area (Å²) in [6, 6.07) is -0.729. The van der Waals surface area contributed by atoms with E-state index in [0.29, 0.717) is 0 Å². The van der Waals surface area contributed by atoms with Gasteiger partial charge in [-0.3, -0.25) is 9.08 Å². The molecule has 0 aromatic rings. The fraction of sp³-hybridized carbons (Fsp3) is 0.857. The van der Waals surface area contributed by atoms with E-state index in [1.165, 1.54) is 0 Å². The van der Waals surface area contributed by atoms with Crippen molar-refractivity contribution in [2.24, 2.45) is 0 Å². The Bertz CT molecular complexity index is 343. The smallest absolute Gasteiger partial charge is 0.407 e. The molecule has 15 heavy (non-hydrogen) atoms. The second-order valence-electron chi connectivity index (χ2n) is 3.41. The highest BCUT2D eigenvalue weighted by Gasteiger charge is 2.36. The number of rotatable bonds is 3. The van der Waals surface area contributed by atoms with Crippen LogP contribution in [0.4, 0.5) is 9.18 Å². The normalized spacial score (nSPS) is 26.9. The Morgan fingerprint density at radius 2 is 2.27 bits per heavy atom. The highest BCUT2D eigenvalue weighted by Crippen LogP contribution is 2.20. The molecular formula is C7H12FNO5S. The van der Waals surface area contributed by atoms with E-state index in [9.17, 15) is 17.6 Å². The molecule has 0 aromatic heterocycles. The summed E-state index contributed by atoms with van der Waals surface area (Å²) >= 11 is 0. The van der Waals surface area contributed by atoms with Crippen LogP contribution in [0.15, 0.2) is 0 Å². The van der Waals surface area contributed by atoms with Gasteiger partial charge in [0, 0.05) is 6.42 Å². The quantitative estimate of drug-likeness (QED) is 0.706. The van der Waals surface area contributed by atoms with Crippen LogP contribution in [-0.2, 0) is 14.3 Å². The van der Waals surface area contributed by atoms with Gasteiger partial charge in [0.05, 0.1) is 25.4 Å². The summed E-state index contributed by atoms with van der Waals surface area (Å²) in [5, 5.41) is 8.69. The van der Waals surface area contributed by atoms with Crippen LogP contribution in [0.1, 0.15) is 6.42 Å². The molecule has 0 unspecified atom stereocenters. The molecule has 1 fully saturated rings. The maximum absolute atomic E-state index is 12.9. The first kappa shape index (κ1) is 12.2. The van der Waals surface area contributed by atoms with Gasteiger partial charge in [0.2, 0.25) is 0 Å². The minimum atomic E-state index is -3.62. The van der Waals surface area contributed by atoms with Crippen LogP contribution in [0.2, 0.25) is 0 Å². The number of nitrogens with zero attached hydrogens (tertiary/aromatic N) is 1. The van der Waals surface area contributed by atoms with Crippen molar-refractivity contribution in [1.29, 1.82) is 0 Å².